The van der Waals surface area contributed by atoms with E-state index < -0.39 is 5.82 Å². The van der Waals surface area contributed by atoms with Crippen molar-refractivity contribution in [2.75, 3.05) is 6.54 Å². The van der Waals surface area contributed by atoms with Gasteiger partial charge in [0.1, 0.15) is 10.4 Å². The summed E-state index contributed by atoms with van der Waals surface area (Å²) in [6, 6.07) is 6.04. The van der Waals surface area contributed by atoms with Gasteiger partial charge in [0, 0.05) is 30.8 Å². The van der Waals surface area contributed by atoms with E-state index in [1.165, 1.54) is 12.1 Å². The fraction of sp³-hybridized carbons (Fsp3) is 0.214. The van der Waals surface area contributed by atoms with Gasteiger partial charge in [0.25, 0.3) is 5.91 Å². The van der Waals surface area contributed by atoms with E-state index in [2.05, 4.69) is 37.2 Å². The largest absolute Gasteiger partial charge is 0.312 e. The zero-order valence-corrected chi connectivity index (χ0v) is 13.6. The molecule has 1 aliphatic heterocycles. The lowest BCUT2D eigenvalue weighted by atomic mass is 10.1. The van der Waals surface area contributed by atoms with Gasteiger partial charge >= 0.3 is 0 Å². The molecule has 0 unspecified atom stereocenters. The average molecular weight is 402 g/mol. The van der Waals surface area contributed by atoms with Gasteiger partial charge in [0.15, 0.2) is 0 Å². The van der Waals surface area contributed by atoms with Crippen LogP contribution < -0.4 is 5.32 Å². The molecule has 1 aromatic heterocycles. The number of carbonyl (C=O) groups excluding carboxylic acids is 1. The van der Waals surface area contributed by atoms with E-state index >= 15 is 0 Å². The van der Waals surface area contributed by atoms with Crippen LogP contribution in [0, 0.1) is 5.82 Å². The summed E-state index contributed by atoms with van der Waals surface area (Å²) in [4.78, 5) is 12.6. The first-order valence-corrected chi connectivity index (χ1v) is 7.77. The van der Waals surface area contributed by atoms with E-state index in [0.29, 0.717) is 11.1 Å². The Bertz CT molecular complexity index is 697. The maximum absolute atomic E-state index is 13.8. The number of aromatic nitrogens is 1. The average Bonchev–Trinajstić information content (AvgIpc) is 2.71. The van der Waals surface area contributed by atoms with Crippen molar-refractivity contribution in [2.45, 2.75) is 13.0 Å². The standard InChI is InChI=1S/C14H11Br2FN2O/c15-12-9-7-18-6-5-11(9)19(13(12)16)14(20)8-3-1-2-4-10(8)17/h1-4,18H,5-7H2. The molecule has 20 heavy (non-hydrogen) atoms. The fourth-order valence-corrected chi connectivity index (χ4v) is 3.59. The maximum atomic E-state index is 13.8. The predicted molar refractivity (Wildman–Crippen MR) is 81.4 cm³/mol. The van der Waals surface area contributed by atoms with Crippen molar-refractivity contribution in [3.05, 3.63) is 56.0 Å². The third-order valence-corrected chi connectivity index (χ3v) is 5.55. The van der Waals surface area contributed by atoms with E-state index in [-0.39, 0.29) is 11.5 Å². The molecule has 0 saturated heterocycles. The maximum Gasteiger partial charge on any atom is 0.266 e. The minimum atomic E-state index is -0.503. The van der Waals surface area contributed by atoms with Crippen LogP contribution in [0.3, 0.4) is 0 Å². The number of rotatable bonds is 1. The molecule has 0 spiro atoms. The van der Waals surface area contributed by atoms with Crippen LogP contribution in [-0.4, -0.2) is 17.0 Å². The Morgan fingerprint density at radius 1 is 1.30 bits per heavy atom. The van der Waals surface area contributed by atoms with Crippen LogP contribution in [0.1, 0.15) is 21.6 Å². The third-order valence-electron chi connectivity index (χ3n) is 3.41. The molecule has 6 heteroatoms. The number of carbonyl (C=O) groups is 1. The molecule has 0 bridgehead atoms. The lowest BCUT2D eigenvalue weighted by Crippen LogP contribution is -2.27. The Morgan fingerprint density at radius 2 is 2.05 bits per heavy atom. The quantitative estimate of drug-likeness (QED) is 0.793. The molecule has 1 N–H and O–H groups in total. The number of nitrogens with zero attached hydrogens (tertiary/aromatic N) is 1. The van der Waals surface area contributed by atoms with Crippen molar-refractivity contribution >= 4 is 37.8 Å². The van der Waals surface area contributed by atoms with Crippen LogP contribution in [0.25, 0.3) is 0 Å². The van der Waals surface area contributed by atoms with Crippen molar-refractivity contribution in [3.63, 3.8) is 0 Å². The SMILES string of the molecule is O=C(c1ccccc1F)n1c(Br)c(Br)c2c1CCNC2. The highest BCUT2D eigenvalue weighted by Gasteiger charge is 2.27. The van der Waals surface area contributed by atoms with Crippen LogP contribution in [0.15, 0.2) is 33.3 Å². The number of fused-ring (bicyclic) bond motifs is 1. The first kappa shape index (κ1) is 14.0. The van der Waals surface area contributed by atoms with Crippen LogP contribution in [0.5, 0.6) is 0 Å². The van der Waals surface area contributed by atoms with Crippen molar-refractivity contribution in [2.24, 2.45) is 0 Å². The van der Waals surface area contributed by atoms with Gasteiger partial charge in [-0.3, -0.25) is 9.36 Å². The summed E-state index contributed by atoms with van der Waals surface area (Å²) in [5, 5.41) is 3.26. The monoisotopic (exact) mass is 400 g/mol. The van der Waals surface area contributed by atoms with Crippen molar-refractivity contribution < 1.29 is 9.18 Å². The van der Waals surface area contributed by atoms with E-state index in [1.54, 1.807) is 16.7 Å². The number of nitrogens with one attached hydrogen (secondary N) is 1. The number of hydrogen-bond donors (Lipinski definition) is 1. The van der Waals surface area contributed by atoms with Crippen molar-refractivity contribution in [1.29, 1.82) is 0 Å². The molecular formula is C14H11Br2FN2O. The highest BCUT2D eigenvalue weighted by atomic mass is 79.9. The molecule has 0 fully saturated rings. The minimum Gasteiger partial charge on any atom is -0.312 e. The molecule has 1 aliphatic rings. The first-order valence-electron chi connectivity index (χ1n) is 6.18. The summed E-state index contributed by atoms with van der Waals surface area (Å²) < 4.78 is 16.9. The van der Waals surface area contributed by atoms with Crippen LogP contribution >= 0.6 is 31.9 Å². The van der Waals surface area contributed by atoms with Crippen LogP contribution in [-0.2, 0) is 13.0 Å². The van der Waals surface area contributed by atoms with Gasteiger partial charge in [-0.05, 0) is 44.0 Å². The lowest BCUT2D eigenvalue weighted by Gasteiger charge is -2.16. The number of benzene rings is 1. The third kappa shape index (κ3) is 2.16. The van der Waals surface area contributed by atoms with E-state index in [1.807, 2.05) is 0 Å². The zero-order valence-electron chi connectivity index (χ0n) is 10.4. The topological polar surface area (TPSA) is 34.0 Å². The normalized spacial score (nSPS) is 14.2. The fourth-order valence-electron chi connectivity index (χ4n) is 2.43. The van der Waals surface area contributed by atoms with Gasteiger partial charge in [-0.25, -0.2) is 4.39 Å². The molecule has 3 rings (SSSR count). The van der Waals surface area contributed by atoms with Gasteiger partial charge in [-0.2, -0.15) is 0 Å². The molecule has 0 aliphatic carbocycles. The Kier molecular flexibility index (Phi) is 3.79. The number of halogens is 3. The lowest BCUT2D eigenvalue weighted by molar-refractivity contribution is 0.0950. The molecule has 1 aromatic carbocycles. The van der Waals surface area contributed by atoms with Crippen molar-refractivity contribution in [3.8, 4) is 0 Å². The Labute approximate surface area is 132 Å². The second-order valence-electron chi connectivity index (χ2n) is 4.58. The van der Waals surface area contributed by atoms with Gasteiger partial charge in [-0.15, -0.1) is 0 Å². The number of hydrogen-bond acceptors (Lipinski definition) is 2. The molecule has 0 atom stereocenters. The summed E-state index contributed by atoms with van der Waals surface area (Å²) in [5.74, 6) is -0.851. The summed E-state index contributed by atoms with van der Waals surface area (Å²) in [7, 11) is 0. The molecule has 104 valence electrons. The molecule has 0 radical (unpaired) electrons. The Hall–Kier alpha value is -0.980. The van der Waals surface area contributed by atoms with E-state index in [9.17, 15) is 9.18 Å². The van der Waals surface area contributed by atoms with Crippen molar-refractivity contribution in [1.82, 2.24) is 9.88 Å². The van der Waals surface area contributed by atoms with Crippen LogP contribution in [0.2, 0.25) is 0 Å². The van der Waals surface area contributed by atoms with Gasteiger partial charge < -0.3 is 5.32 Å². The predicted octanol–water partition coefficient (Wildman–Crippen LogP) is 3.49. The highest BCUT2D eigenvalue weighted by Crippen LogP contribution is 2.35. The molecule has 2 heterocycles. The highest BCUT2D eigenvalue weighted by molar-refractivity contribution is 9.13. The van der Waals surface area contributed by atoms with E-state index in [4.69, 9.17) is 0 Å². The first-order chi connectivity index (χ1) is 9.61. The zero-order chi connectivity index (χ0) is 14.3. The van der Waals surface area contributed by atoms with Crippen LogP contribution in [0.4, 0.5) is 4.39 Å². The molecule has 3 nitrogen and oxygen atoms in total. The molecule has 0 saturated carbocycles. The summed E-state index contributed by atoms with van der Waals surface area (Å²) in [6.45, 7) is 1.51. The van der Waals surface area contributed by atoms with Gasteiger partial charge in [0.05, 0.1) is 10.0 Å². The Morgan fingerprint density at radius 3 is 2.80 bits per heavy atom. The van der Waals surface area contributed by atoms with E-state index in [0.717, 1.165) is 28.7 Å². The van der Waals surface area contributed by atoms with Gasteiger partial charge in [0.2, 0.25) is 0 Å². The molecule has 2 aromatic rings. The smallest absolute Gasteiger partial charge is 0.266 e. The summed E-state index contributed by atoms with van der Waals surface area (Å²) in [5.41, 5.74) is 2.06. The molecular weight excluding hydrogens is 391 g/mol. The summed E-state index contributed by atoms with van der Waals surface area (Å²) >= 11 is 6.92. The van der Waals surface area contributed by atoms with Gasteiger partial charge in [-0.1, -0.05) is 12.1 Å². The second-order valence-corrected chi connectivity index (χ2v) is 6.12. The summed E-state index contributed by atoms with van der Waals surface area (Å²) in [6.07, 6.45) is 0.736. The second kappa shape index (κ2) is 5.42. The Balaban J connectivity index is 2.16. The minimum absolute atomic E-state index is 0.0806. The molecule has 0 amide bonds.